The zero-order chi connectivity index (χ0) is 13.8. The van der Waals surface area contributed by atoms with Gasteiger partial charge in [0.1, 0.15) is 0 Å². The van der Waals surface area contributed by atoms with E-state index in [9.17, 15) is 0 Å². The average molecular weight is 276 g/mol. The number of hydrogen-bond acceptors (Lipinski definition) is 4. The number of ether oxygens (including phenoxy) is 2. The van der Waals surface area contributed by atoms with Crippen LogP contribution in [-0.2, 0) is 9.47 Å². The number of hydrogen-bond donors (Lipinski definition) is 1. The van der Waals surface area contributed by atoms with Crippen LogP contribution in [-0.4, -0.2) is 45.1 Å². The molecule has 0 saturated carbocycles. The fourth-order valence-corrected chi connectivity index (χ4v) is 2.96. The van der Waals surface area contributed by atoms with E-state index in [0.29, 0.717) is 12.2 Å². The molecule has 110 valence electrons. The lowest BCUT2D eigenvalue weighted by Gasteiger charge is -2.31. The van der Waals surface area contributed by atoms with Crippen LogP contribution in [0.25, 0.3) is 0 Å². The Morgan fingerprint density at radius 2 is 2.00 bits per heavy atom. The predicted octanol–water partition coefficient (Wildman–Crippen LogP) is 2.50. The third kappa shape index (κ3) is 3.25. The summed E-state index contributed by atoms with van der Waals surface area (Å²) in [7, 11) is 0. The van der Waals surface area contributed by atoms with E-state index in [4.69, 9.17) is 9.47 Å². The Morgan fingerprint density at radius 1 is 1.20 bits per heavy atom. The van der Waals surface area contributed by atoms with Crippen LogP contribution in [0.15, 0.2) is 24.3 Å². The standard InChI is InChI=1S/C16H24N2O2/c1-13-6-7-14(20-13)12-17-15-4-2-3-5-16(15)18-8-10-19-11-9-18/h2-5,13-14,17H,6-12H2,1H3. The lowest BCUT2D eigenvalue weighted by Crippen LogP contribution is -2.36. The van der Waals surface area contributed by atoms with Gasteiger partial charge in [-0.1, -0.05) is 12.1 Å². The van der Waals surface area contributed by atoms with E-state index >= 15 is 0 Å². The molecule has 2 atom stereocenters. The van der Waals surface area contributed by atoms with Gasteiger partial charge in [0, 0.05) is 19.6 Å². The summed E-state index contributed by atoms with van der Waals surface area (Å²) in [5.41, 5.74) is 2.49. The Labute approximate surface area is 121 Å². The lowest BCUT2D eigenvalue weighted by atomic mass is 10.2. The van der Waals surface area contributed by atoms with Crippen molar-refractivity contribution in [3.63, 3.8) is 0 Å². The third-order valence-corrected chi connectivity index (χ3v) is 4.10. The first-order valence-electron chi connectivity index (χ1n) is 7.64. The van der Waals surface area contributed by atoms with Crippen LogP contribution in [0.5, 0.6) is 0 Å². The molecule has 2 aliphatic rings. The van der Waals surface area contributed by atoms with Crippen molar-refractivity contribution in [1.82, 2.24) is 0 Å². The van der Waals surface area contributed by atoms with E-state index in [2.05, 4.69) is 41.4 Å². The van der Waals surface area contributed by atoms with E-state index in [1.807, 2.05) is 0 Å². The molecule has 20 heavy (non-hydrogen) atoms. The molecule has 0 aromatic heterocycles. The zero-order valence-corrected chi connectivity index (χ0v) is 12.2. The van der Waals surface area contributed by atoms with Gasteiger partial charge in [-0.15, -0.1) is 0 Å². The number of anilines is 2. The molecule has 0 aliphatic carbocycles. The minimum absolute atomic E-state index is 0.350. The summed E-state index contributed by atoms with van der Waals surface area (Å²) < 4.78 is 11.3. The molecule has 2 heterocycles. The van der Waals surface area contributed by atoms with Crippen LogP contribution in [0.3, 0.4) is 0 Å². The Balaban J connectivity index is 1.63. The maximum atomic E-state index is 5.87. The molecule has 0 spiro atoms. The van der Waals surface area contributed by atoms with Crippen molar-refractivity contribution in [2.75, 3.05) is 43.1 Å². The number of rotatable bonds is 4. The van der Waals surface area contributed by atoms with E-state index in [1.165, 1.54) is 17.8 Å². The number of nitrogens with one attached hydrogen (secondary N) is 1. The molecular weight excluding hydrogens is 252 g/mol. The van der Waals surface area contributed by atoms with E-state index in [0.717, 1.165) is 39.3 Å². The predicted molar refractivity (Wildman–Crippen MR) is 81.5 cm³/mol. The van der Waals surface area contributed by atoms with Crippen LogP contribution in [0.1, 0.15) is 19.8 Å². The highest BCUT2D eigenvalue weighted by atomic mass is 16.5. The summed E-state index contributed by atoms with van der Waals surface area (Å²) in [5.74, 6) is 0. The molecule has 4 nitrogen and oxygen atoms in total. The molecule has 0 bridgehead atoms. The van der Waals surface area contributed by atoms with Crippen LogP contribution < -0.4 is 10.2 Å². The van der Waals surface area contributed by atoms with E-state index in [1.54, 1.807) is 0 Å². The zero-order valence-electron chi connectivity index (χ0n) is 12.2. The SMILES string of the molecule is CC1CCC(CNc2ccccc2N2CCOCC2)O1. The van der Waals surface area contributed by atoms with Crippen molar-refractivity contribution < 1.29 is 9.47 Å². The third-order valence-electron chi connectivity index (χ3n) is 4.10. The topological polar surface area (TPSA) is 33.7 Å². The Kier molecular flexibility index (Phi) is 4.43. The molecule has 2 saturated heterocycles. The molecule has 3 rings (SSSR count). The fraction of sp³-hybridized carbons (Fsp3) is 0.625. The van der Waals surface area contributed by atoms with Crippen LogP contribution in [0.4, 0.5) is 11.4 Å². The maximum Gasteiger partial charge on any atom is 0.0751 e. The van der Waals surface area contributed by atoms with Gasteiger partial charge >= 0.3 is 0 Å². The van der Waals surface area contributed by atoms with Gasteiger partial charge < -0.3 is 19.7 Å². The first-order chi connectivity index (χ1) is 9.83. The highest BCUT2D eigenvalue weighted by molar-refractivity contribution is 5.70. The first kappa shape index (κ1) is 13.7. The van der Waals surface area contributed by atoms with Crippen LogP contribution >= 0.6 is 0 Å². The van der Waals surface area contributed by atoms with Gasteiger partial charge in [-0.25, -0.2) is 0 Å². The smallest absolute Gasteiger partial charge is 0.0751 e. The van der Waals surface area contributed by atoms with E-state index in [-0.39, 0.29) is 0 Å². The molecular formula is C16H24N2O2. The van der Waals surface area contributed by atoms with Gasteiger partial charge in [0.2, 0.25) is 0 Å². The van der Waals surface area contributed by atoms with Gasteiger partial charge in [-0.05, 0) is 31.9 Å². The van der Waals surface area contributed by atoms with Crippen molar-refractivity contribution in [3.8, 4) is 0 Å². The van der Waals surface area contributed by atoms with Gasteiger partial charge in [0.25, 0.3) is 0 Å². The monoisotopic (exact) mass is 276 g/mol. The highest BCUT2D eigenvalue weighted by Crippen LogP contribution is 2.27. The van der Waals surface area contributed by atoms with E-state index < -0.39 is 0 Å². The Morgan fingerprint density at radius 3 is 2.75 bits per heavy atom. The number of benzene rings is 1. The number of nitrogens with zero attached hydrogens (tertiary/aromatic N) is 1. The molecule has 2 unspecified atom stereocenters. The molecule has 1 N–H and O–H groups in total. The molecule has 4 heteroatoms. The lowest BCUT2D eigenvalue weighted by molar-refractivity contribution is 0.0637. The molecule has 0 radical (unpaired) electrons. The molecule has 2 fully saturated rings. The van der Waals surface area contributed by atoms with Crippen LogP contribution in [0.2, 0.25) is 0 Å². The van der Waals surface area contributed by atoms with Crippen molar-refractivity contribution >= 4 is 11.4 Å². The summed E-state index contributed by atoms with van der Waals surface area (Å²) in [5, 5.41) is 3.57. The highest BCUT2D eigenvalue weighted by Gasteiger charge is 2.22. The summed E-state index contributed by atoms with van der Waals surface area (Å²) in [6, 6.07) is 8.53. The molecule has 0 amide bonds. The molecule has 2 aliphatic heterocycles. The number of morpholine rings is 1. The Bertz CT molecular complexity index is 432. The van der Waals surface area contributed by atoms with Crippen molar-refractivity contribution in [2.45, 2.75) is 32.0 Å². The van der Waals surface area contributed by atoms with Crippen molar-refractivity contribution in [1.29, 1.82) is 0 Å². The summed E-state index contributed by atoms with van der Waals surface area (Å²) in [4.78, 5) is 2.39. The summed E-state index contributed by atoms with van der Waals surface area (Å²) in [6.45, 7) is 6.62. The van der Waals surface area contributed by atoms with Crippen molar-refractivity contribution in [2.24, 2.45) is 0 Å². The minimum atomic E-state index is 0.350. The largest absolute Gasteiger partial charge is 0.381 e. The Hall–Kier alpha value is -1.26. The van der Waals surface area contributed by atoms with Gasteiger partial charge in [0.15, 0.2) is 0 Å². The second-order valence-corrected chi connectivity index (χ2v) is 5.64. The van der Waals surface area contributed by atoms with Gasteiger partial charge in [0.05, 0.1) is 36.8 Å². The molecule has 1 aromatic rings. The normalized spacial score (nSPS) is 26.8. The summed E-state index contributed by atoms with van der Waals surface area (Å²) in [6.07, 6.45) is 3.10. The second kappa shape index (κ2) is 6.46. The fourth-order valence-electron chi connectivity index (χ4n) is 2.96. The van der Waals surface area contributed by atoms with Gasteiger partial charge in [-0.3, -0.25) is 0 Å². The maximum absolute atomic E-state index is 5.87. The average Bonchev–Trinajstić information content (AvgIpc) is 2.92. The van der Waals surface area contributed by atoms with Crippen LogP contribution in [0, 0.1) is 0 Å². The number of para-hydroxylation sites is 2. The molecule has 1 aromatic carbocycles. The van der Waals surface area contributed by atoms with Gasteiger partial charge in [-0.2, -0.15) is 0 Å². The first-order valence-corrected chi connectivity index (χ1v) is 7.64. The van der Waals surface area contributed by atoms with Crippen molar-refractivity contribution in [3.05, 3.63) is 24.3 Å². The minimum Gasteiger partial charge on any atom is -0.381 e. The summed E-state index contributed by atoms with van der Waals surface area (Å²) >= 11 is 0. The second-order valence-electron chi connectivity index (χ2n) is 5.64. The quantitative estimate of drug-likeness (QED) is 0.916.